The van der Waals surface area contributed by atoms with E-state index in [1.54, 1.807) is 0 Å². The predicted molar refractivity (Wildman–Crippen MR) is 463 cm³/mol. The molecule has 16 aromatic carbocycles. The van der Waals surface area contributed by atoms with Gasteiger partial charge in [-0.3, -0.25) is 0 Å². The van der Waals surface area contributed by atoms with Crippen LogP contribution in [0.5, 0.6) is 0 Å². The highest BCUT2D eigenvalue weighted by atomic mass is 15.1. The van der Waals surface area contributed by atoms with E-state index in [9.17, 15) is 0 Å². The SMILES string of the molecule is c1ccc(-c2cccc(-c3ccc(-n4c5ccccc5c5c4ccc4c6ccccc6n(-c6cccc(-c7nc(-c8ccccc8)cc(-c8ccccc8)n7)c6)c45)cc3)c2)cc1.c1ccc(-c2nc(-c3ccccc3)nc(-c3cccc(-n4c5ccccc5c5ccc6c(c7ccccc7n6-c6ccccc6)c54)c3)n2)cc1. The van der Waals surface area contributed by atoms with Gasteiger partial charge < -0.3 is 18.3 Å². The van der Waals surface area contributed by atoms with Crippen LogP contribution in [0.15, 0.2) is 406 Å². The minimum Gasteiger partial charge on any atom is -0.309 e. The first-order chi connectivity index (χ1) is 55.6. The Bertz CT molecular complexity index is 7220. The lowest BCUT2D eigenvalue weighted by atomic mass is 9.99. The molecule has 0 aliphatic rings. The van der Waals surface area contributed by atoms with E-state index in [1.807, 2.05) is 72.8 Å². The Morgan fingerprint density at radius 1 is 0.152 bits per heavy atom. The van der Waals surface area contributed by atoms with Crippen LogP contribution in [0.4, 0.5) is 0 Å². The van der Waals surface area contributed by atoms with E-state index < -0.39 is 0 Å². The second kappa shape index (κ2) is 27.5. The summed E-state index contributed by atoms with van der Waals surface area (Å²) in [7, 11) is 0. The highest BCUT2D eigenvalue weighted by Gasteiger charge is 2.25. The molecule has 0 bridgehead atoms. The summed E-state index contributed by atoms with van der Waals surface area (Å²) < 4.78 is 9.65. The normalized spacial score (nSPS) is 11.6. The summed E-state index contributed by atoms with van der Waals surface area (Å²) >= 11 is 0. The van der Waals surface area contributed by atoms with Crippen molar-refractivity contribution in [2.45, 2.75) is 0 Å². The molecule has 524 valence electrons. The molecule has 0 saturated heterocycles. The van der Waals surface area contributed by atoms with Gasteiger partial charge in [-0.05, 0) is 119 Å². The van der Waals surface area contributed by atoms with Crippen molar-refractivity contribution in [3.05, 3.63) is 406 Å². The topological polar surface area (TPSA) is 84.2 Å². The maximum atomic E-state index is 5.19. The molecular weight excluding hydrogens is 1360 g/mol. The van der Waals surface area contributed by atoms with Crippen LogP contribution in [0, 0.1) is 0 Å². The predicted octanol–water partition coefficient (Wildman–Crippen LogP) is 26.1. The average Bonchev–Trinajstić information content (AvgIpc) is 1.55. The number of hydrogen-bond acceptors (Lipinski definition) is 5. The zero-order valence-corrected chi connectivity index (χ0v) is 60.7. The molecule has 6 aromatic heterocycles. The van der Waals surface area contributed by atoms with Gasteiger partial charge >= 0.3 is 0 Å². The van der Waals surface area contributed by atoms with Gasteiger partial charge in [0.1, 0.15) is 0 Å². The Morgan fingerprint density at radius 2 is 0.455 bits per heavy atom. The van der Waals surface area contributed by atoms with Crippen molar-refractivity contribution in [3.63, 3.8) is 0 Å². The van der Waals surface area contributed by atoms with Crippen LogP contribution >= 0.6 is 0 Å². The third-order valence-electron chi connectivity index (χ3n) is 21.7. The lowest BCUT2D eigenvalue weighted by molar-refractivity contribution is 1.07. The number of para-hydroxylation sites is 5. The van der Waals surface area contributed by atoms with E-state index in [1.165, 1.54) is 92.9 Å². The zero-order chi connectivity index (χ0) is 74.0. The smallest absolute Gasteiger partial charge is 0.164 e. The number of nitrogens with zero attached hydrogens (tertiary/aromatic N) is 9. The molecular formula is C103H67N9. The second-order valence-corrected chi connectivity index (χ2v) is 28.3. The van der Waals surface area contributed by atoms with E-state index in [0.29, 0.717) is 23.3 Å². The summed E-state index contributed by atoms with van der Waals surface area (Å²) in [5, 5.41) is 9.71. The van der Waals surface area contributed by atoms with Gasteiger partial charge in [-0.25, -0.2) is 24.9 Å². The lowest BCUT2D eigenvalue weighted by Crippen LogP contribution is -2.01. The molecule has 0 atom stereocenters. The molecule has 22 aromatic rings. The van der Waals surface area contributed by atoms with Gasteiger partial charge in [-0.15, -0.1) is 0 Å². The molecule has 9 nitrogen and oxygen atoms in total. The Balaban J connectivity index is 0.000000145. The molecule has 0 spiro atoms. The molecule has 9 heteroatoms. The van der Waals surface area contributed by atoms with Gasteiger partial charge in [0.25, 0.3) is 0 Å². The Kier molecular flexibility index (Phi) is 16.0. The van der Waals surface area contributed by atoms with Crippen LogP contribution < -0.4 is 0 Å². The minimum absolute atomic E-state index is 0.631. The molecule has 112 heavy (non-hydrogen) atoms. The van der Waals surface area contributed by atoms with Crippen LogP contribution in [-0.4, -0.2) is 43.2 Å². The van der Waals surface area contributed by atoms with E-state index in [4.69, 9.17) is 24.9 Å². The zero-order valence-electron chi connectivity index (χ0n) is 60.7. The lowest BCUT2D eigenvalue weighted by Gasteiger charge is -2.13. The monoisotopic (exact) mass is 1430 g/mol. The summed E-state index contributed by atoms with van der Waals surface area (Å²) in [4.78, 5) is 25.4. The first-order valence-corrected chi connectivity index (χ1v) is 37.9. The molecule has 0 aliphatic heterocycles. The van der Waals surface area contributed by atoms with E-state index in [2.05, 4.69) is 352 Å². The van der Waals surface area contributed by atoms with Crippen LogP contribution in [-0.2, 0) is 0 Å². The maximum Gasteiger partial charge on any atom is 0.164 e. The van der Waals surface area contributed by atoms with Gasteiger partial charge in [0.2, 0.25) is 0 Å². The number of hydrogen-bond donors (Lipinski definition) is 0. The van der Waals surface area contributed by atoms with Crippen LogP contribution in [0.1, 0.15) is 0 Å². The van der Waals surface area contributed by atoms with E-state index >= 15 is 0 Å². The first kappa shape index (κ1) is 65.1. The van der Waals surface area contributed by atoms with Gasteiger partial charge in [-0.1, -0.05) is 309 Å². The average molecular weight is 1430 g/mol. The Labute approximate surface area is 645 Å². The molecule has 0 unspecified atom stereocenters. The van der Waals surface area contributed by atoms with Crippen LogP contribution in [0.2, 0.25) is 0 Å². The van der Waals surface area contributed by atoms with Gasteiger partial charge in [0.05, 0.1) is 55.5 Å². The van der Waals surface area contributed by atoms with Crippen molar-refractivity contribution in [2.24, 2.45) is 0 Å². The number of fused-ring (bicyclic) bond motifs is 14. The van der Waals surface area contributed by atoms with E-state index in [-0.39, 0.29) is 0 Å². The summed E-state index contributed by atoms with van der Waals surface area (Å²) in [5.74, 6) is 2.61. The van der Waals surface area contributed by atoms with Crippen molar-refractivity contribution in [3.8, 4) is 113 Å². The number of benzene rings is 16. The number of aromatic nitrogens is 9. The maximum absolute atomic E-state index is 5.19. The first-order valence-electron chi connectivity index (χ1n) is 37.9. The summed E-state index contributed by atoms with van der Waals surface area (Å²) in [5.41, 5.74) is 26.1. The standard InChI is InChI=1S/C58H38N4.C45H29N5/c1-4-16-39(17-5-1)43-22-14-23-44(36-43)40-30-32-46(33-31-40)61-54-29-13-11-27-50(54)56-55(61)35-34-49-48-26-10-12-28-53(48)62(57(49)56)47-25-15-24-45(37-47)58-59-51(41-18-6-2-7-19-41)38-52(60-58)42-20-8-3-9-21-42;1-4-15-30(16-5-1)43-46-44(31-17-6-2-7-18-31)48-45(47-43)32-19-14-22-34(29-32)50-38-25-12-10-23-35(38)36-27-28-40-41(42(36)50)37-24-11-13-26-39(37)49(40)33-20-8-3-9-21-33/h1-38H;1-29H. The fourth-order valence-corrected chi connectivity index (χ4v) is 16.6. The van der Waals surface area contributed by atoms with Crippen molar-refractivity contribution in [1.29, 1.82) is 0 Å². The fourth-order valence-electron chi connectivity index (χ4n) is 16.6. The largest absolute Gasteiger partial charge is 0.309 e. The quantitative estimate of drug-likeness (QED) is 0.122. The molecule has 0 saturated carbocycles. The molecule has 0 radical (unpaired) electrons. The molecule has 6 heterocycles. The van der Waals surface area contributed by atoms with Crippen molar-refractivity contribution in [2.75, 3.05) is 0 Å². The molecule has 0 fully saturated rings. The molecule has 0 N–H and O–H groups in total. The third kappa shape index (κ3) is 11.4. The van der Waals surface area contributed by atoms with Crippen LogP contribution in [0.25, 0.3) is 200 Å². The third-order valence-corrected chi connectivity index (χ3v) is 21.7. The Hall–Kier alpha value is -15.2. The minimum atomic E-state index is 0.631. The molecule has 22 rings (SSSR count). The summed E-state index contributed by atoms with van der Waals surface area (Å²) in [6.45, 7) is 0. The molecule has 0 amide bonds. The van der Waals surface area contributed by atoms with E-state index in [0.717, 1.165) is 84.1 Å². The van der Waals surface area contributed by atoms with Crippen LogP contribution in [0.3, 0.4) is 0 Å². The van der Waals surface area contributed by atoms with Crippen molar-refractivity contribution < 1.29 is 0 Å². The molecule has 0 aliphatic carbocycles. The number of rotatable bonds is 12. The summed E-state index contributed by atoms with van der Waals surface area (Å²) in [6.07, 6.45) is 0. The van der Waals surface area contributed by atoms with Crippen molar-refractivity contribution >= 4 is 87.2 Å². The fraction of sp³-hybridized carbons (Fsp3) is 0. The van der Waals surface area contributed by atoms with Gasteiger partial charge in [0.15, 0.2) is 23.3 Å². The van der Waals surface area contributed by atoms with Crippen molar-refractivity contribution in [1.82, 2.24) is 43.2 Å². The Morgan fingerprint density at radius 3 is 0.893 bits per heavy atom. The second-order valence-electron chi connectivity index (χ2n) is 28.3. The highest BCUT2D eigenvalue weighted by Crippen LogP contribution is 2.46. The highest BCUT2D eigenvalue weighted by molar-refractivity contribution is 6.28. The summed E-state index contributed by atoms with van der Waals surface area (Å²) in [6, 6.07) is 144. The van der Waals surface area contributed by atoms with Gasteiger partial charge in [0, 0.05) is 99.2 Å². The van der Waals surface area contributed by atoms with Gasteiger partial charge in [-0.2, -0.15) is 0 Å².